The van der Waals surface area contributed by atoms with Crippen molar-refractivity contribution in [2.45, 2.75) is 19.8 Å². The molecule has 1 aliphatic rings. The molecule has 0 aliphatic carbocycles. The minimum Gasteiger partial charge on any atom is -0.492 e. The summed E-state index contributed by atoms with van der Waals surface area (Å²) in [6.07, 6.45) is 2.62. The summed E-state index contributed by atoms with van der Waals surface area (Å²) < 4.78 is 6.90. The number of benzene rings is 1. The second-order valence-electron chi connectivity index (χ2n) is 5.39. The predicted molar refractivity (Wildman–Crippen MR) is 94.6 cm³/mol. The van der Waals surface area contributed by atoms with E-state index in [2.05, 4.69) is 33.1 Å². The molecule has 0 aromatic heterocycles. The van der Waals surface area contributed by atoms with Crippen LogP contribution in [0.2, 0.25) is 0 Å². The molecule has 0 spiro atoms. The molecule has 1 N–H and O–H groups in total. The molecule has 1 fully saturated rings. The maximum absolute atomic E-state index is 5.81. The first-order valence-electron chi connectivity index (χ1n) is 7.59. The van der Waals surface area contributed by atoms with Crippen molar-refractivity contribution in [1.82, 2.24) is 10.2 Å². The molecule has 21 heavy (non-hydrogen) atoms. The molecule has 1 heterocycles. The second-order valence-corrected chi connectivity index (χ2v) is 6.30. The van der Waals surface area contributed by atoms with Crippen LogP contribution < -0.4 is 10.1 Å². The van der Waals surface area contributed by atoms with Gasteiger partial charge in [0.15, 0.2) is 0 Å². The quantitative estimate of drug-likeness (QED) is 0.786. The van der Waals surface area contributed by atoms with E-state index < -0.39 is 0 Å². The Morgan fingerprint density at radius 3 is 2.52 bits per heavy atom. The van der Waals surface area contributed by atoms with Gasteiger partial charge in [-0.2, -0.15) is 0 Å². The van der Waals surface area contributed by atoms with E-state index in [4.69, 9.17) is 4.74 Å². The first kappa shape index (κ1) is 18.8. The highest BCUT2D eigenvalue weighted by molar-refractivity contribution is 9.10. The number of nitrogens with one attached hydrogen (secondary N) is 1. The molecule has 1 saturated heterocycles. The predicted octanol–water partition coefficient (Wildman–Crippen LogP) is 3.57. The molecule has 0 bridgehead atoms. The van der Waals surface area contributed by atoms with Crippen molar-refractivity contribution < 1.29 is 4.74 Å². The number of hydrogen-bond donors (Lipinski definition) is 1. The summed E-state index contributed by atoms with van der Waals surface area (Å²) in [6, 6.07) is 8.05. The second kappa shape index (κ2) is 10.4. The lowest BCUT2D eigenvalue weighted by molar-refractivity contribution is 0.178. The Morgan fingerprint density at radius 2 is 1.90 bits per heavy atom. The molecule has 0 saturated carbocycles. The van der Waals surface area contributed by atoms with Crippen molar-refractivity contribution in [3.05, 3.63) is 28.7 Å². The zero-order valence-electron chi connectivity index (χ0n) is 12.7. The Kier molecular flexibility index (Phi) is 9.32. The summed E-state index contributed by atoms with van der Waals surface area (Å²) in [5.74, 6) is 1.80. The van der Waals surface area contributed by atoms with Crippen LogP contribution in [0, 0.1) is 5.92 Å². The van der Waals surface area contributed by atoms with Gasteiger partial charge in [-0.25, -0.2) is 0 Å². The summed E-state index contributed by atoms with van der Waals surface area (Å²) in [7, 11) is 0. The monoisotopic (exact) mass is 376 g/mol. The number of ether oxygens (including phenoxy) is 1. The van der Waals surface area contributed by atoms with E-state index in [1.165, 1.54) is 32.5 Å². The summed E-state index contributed by atoms with van der Waals surface area (Å²) in [5, 5.41) is 3.43. The van der Waals surface area contributed by atoms with Gasteiger partial charge in [0, 0.05) is 17.6 Å². The van der Waals surface area contributed by atoms with Crippen molar-refractivity contribution in [3.8, 4) is 5.75 Å². The smallest absolute Gasteiger partial charge is 0.119 e. The molecule has 2 rings (SSSR count). The SMILES string of the molecule is CCN(CCOc1ccc(Br)cc1)CC1CCNCC1.Cl. The van der Waals surface area contributed by atoms with Gasteiger partial charge in [0.2, 0.25) is 0 Å². The van der Waals surface area contributed by atoms with Gasteiger partial charge in [-0.3, -0.25) is 4.90 Å². The number of hydrogen-bond acceptors (Lipinski definition) is 3. The normalized spacial score (nSPS) is 15.8. The molecular formula is C16H26BrClN2O. The zero-order chi connectivity index (χ0) is 14.2. The lowest BCUT2D eigenvalue weighted by Crippen LogP contribution is -2.37. The van der Waals surface area contributed by atoms with Gasteiger partial charge < -0.3 is 10.1 Å². The molecular weight excluding hydrogens is 352 g/mol. The standard InChI is InChI=1S/C16H25BrN2O.ClH/c1-2-19(13-14-7-9-18-10-8-14)11-12-20-16-5-3-15(17)4-6-16;/h3-6,14,18H,2,7-13H2,1H3;1H. The van der Waals surface area contributed by atoms with Crippen LogP contribution >= 0.6 is 28.3 Å². The molecule has 5 heteroatoms. The summed E-state index contributed by atoms with van der Waals surface area (Å²) in [6.45, 7) is 8.68. The van der Waals surface area contributed by atoms with E-state index in [1.54, 1.807) is 0 Å². The van der Waals surface area contributed by atoms with Crippen molar-refractivity contribution in [1.29, 1.82) is 0 Å². The Balaban J connectivity index is 0.00000220. The van der Waals surface area contributed by atoms with E-state index in [0.29, 0.717) is 0 Å². The Labute approximate surface area is 143 Å². The van der Waals surface area contributed by atoms with Gasteiger partial charge in [-0.05, 0) is 62.7 Å². The Morgan fingerprint density at radius 1 is 1.24 bits per heavy atom. The summed E-state index contributed by atoms with van der Waals surface area (Å²) >= 11 is 3.43. The van der Waals surface area contributed by atoms with Crippen molar-refractivity contribution >= 4 is 28.3 Å². The van der Waals surface area contributed by atoms with Crippen molar-refractivity contribution in [3.63, 3.8) is 0 Å². The molecule has 120 valence electrons. The van der Waals surface area contributed by atoms with Crippen LogP contribution in [0.15, 0.2) is 28.7 Å². The van der Waals surface area contributed by atoms with Gasteiger partial charge in [0.25, 0.3) is 0 Å². The first-order valence-corrected chi connectivity index (χ1v) is 8.38. The van der Waals surface area contributed by atoms with Crippen LogP contribution in [0.3, 0.4) is 0 Å². The lowest BCUT2D eigenvalue weighted by Gasteiger charge is -2.29. The average molecular weight is 378 g/mol. The van der Waals surface area contributed by atoms with E-state index in [1.807, 2.05) is 24.3 Å². The summed E-state index contributed by atoms with van der Waals surface area (Å²) in [5.41, 5.74) is 0. The van der Waals surface area contributed by atoms with Crippen molar-refractivity contribution in [2.75, 3.05) is 39.3 Å². The van der Waals surface area contributed by atoms with Crippen LogP contribution in [0.1, 0.15) is 19.8 Å². The van der Waals surface area contributed by atoms with Gasteiger partial charge in [0.1, 0.15) is 12.4 Å². The van der Waals surface area contributed by atoms with Crippen LogP contribution in [0.25, 0.3) is 0 Å². The highest BCUT2D eigenvalue weighted by Crippen LogP contribution is 2.16. The van der Waals surface area contributed by atoms with Gasteiger partial charge in [-0.1, -0.05) is 22.9 Å². The minimum absolute atomic E-state index is 0. The highest BCUT2D eigenvalue weighted by atomic mass is 79.9. The molecule has 0 atom stereocenters. The fraction of sp³-hybridized carbons (Fsp3) is 0.625. The van der Waals surface area contributed by atoms with Crippen LogP contribution in [-0.4, -0.2) is 44.2 Å². The molecule has 3 nitrogen and oxygen atoms in total. The molecule has 0 unspecified atom stereocenters. The van der Waals surface area contributed by atoms with E-state index in [9.17, 15) is 0 Å². The zero-order valence-corrected chi connectivity index (χ0v) is 15.1. The summed E-state index contributed by atoms with van der Waals surface area (Å²) in [4.78, 5) is 2.51. The third-order valence-electron chi connectivity index (χ3n) is 3.91. The molecule has 0 radical (unpaired) electrons. The van der Waals surface area contributed by atoms with Crippen LogP contribution in [0.4, 0.5) is 0 Å². The largest absolute Gasteiger partial charge is 0.492 e. The van der Waals surface area contributed by atoms with Crippen LogP contribution in [0.5, 0.6) is 5.75 Å². The third kappa shape index (κ3) is 7.00. The Hall–Kier alpha value is -0.290. The fourth-order valence-electron chi connectivity index (χ4n) is 2.63. The van der Waals surface area contributed by atoms with Crippen LogP contribution in [-0.2, 0) is 0 Å². The van der Waals surface area contributed by atoms with E-state index >= 15 is 0 Å². The highest BCUT2D eigenvalue weighted by Gasteiger charge is 2.15. The molecule has 1 aromatic rings. The topological polar surface area (TPSA) is 24.5 Å². The number of halogens is 2. The molecule has 0 amide bonds. The Bertz CT molecular complexity index is 382. The van der Waals surface area contributed by atoms with Gasteiger partial charge >= 0.3 is 0 Å². The van der Waals surface area contributed by atoms with E-state index in [0.717, 1.165) is 35.8 Å². The third-order valence-corrected chi connectivity index (χ3v) is 4.44. The molecule has 1 aromatic carbocycles. The maximum atomic E-state index is 5.81. The minimum atomic E-state index is 0. The van der Waals surface area contributed by atoms with Crippen molar-refractivity contribution in [2.24, 2.45) is 5.92 Å². The first-order chi connectivity index (χ1) is 9.78. The number of likely N-dealkylation sites (N-methyl/N-ethyl adjacent to an activating group) is 1. The lowest BCUT2D eigenvalue weighted by atomic mass is 9.97. The van der Waals surface area contributed by atoms with Gasteiger partial charge in [0.05, 0.1) is 0 Å². The number of piperidine rings is 1. The number of nitrogens with zero attached hydrogens (tertiary/aromatic N) is 1. The van der Waals surface area contributed by atoms with E-state index in [-0.39, 0.29) is 12.4 Å². The number of rotatable bonds is 7. The maximum Gasteiger partial charge on any atom is 0.119 e. The molecule has 1 aliphatic heterocycles. The fourth-order valence-corrected chi connectivity index (χ4v) is 2.90. The van der Waals surface area contributed by atoms with Gasteiger partial charge in [-0.15, -0.1) is 12.4 Å². The average Bonchev–Trinajstić information content (AvgIpc) is 2.49.